The molecule has 0 radical (unpaired) electrons. The molecule has 1 heterocycles. The third-order valence-corrected chi connectivity index (χ3v) is 3.94. The zero-order valence-corrected chi connectivity index (χ0v) is 11.5. The number of hydrogen-bond acceptors (Lipinski definition) is 4. The van der Waals surface area contributed by atoms with Crippen molar-refractivity contribution in [1.29, 1.82) is 0 Å². The summed E-state index contributed by atoms with van der Waals surface area (Å²) in [7, 11) is 0. The number of benzene rings is 1. The van der Waals surface area contributed by atoms with Gasteiger partial charge in [-0.1, -0.05) is 12.1 Å². The van der Waals surface area contributed by atoms with Crippen LogP contribution in [0.3, 0.4) is 0 Å². The van der Waals surface area contributed by atoms with E-state index in [2.05, 4.69) is 5.32 Å². The van der Waals surface area contributed by atoms with Crippen molar-refractivity contribution in [2.45, 2.75) is 18.9 Å². The van der Waals surface area contributed by atoms with Crippen LogP contribution in [0.5, 0.6) is 0 Å². The average molecular weight is 287 g/mol. The van der Waals surface area contributed by atoms with Crippen LogP contribution < -0.4 is 11.1 Å². The van der Waals surface area contributed by atoms with Crippen molar-refractivity contribution in [2.24, 2.45) is 11.7 Å². The molecule has 1 aromatic carbocycles. The fraction of sp³-hybridized carbons (Fsp3) is 0.400. The Kier molecular flexibility index (Phi) is 3.47. The third-order valence-electron chi connectivity index (χ3n) is 3.94. The molecule has 1 aromatic rings. The molecule has 3 rings (SSSR count). The van der Waals surface area contributed by atoms with Crippen molar-refractivity contribution in [2.75, 3.05) is 13.1 Å². The second-order valence-corrected chi connectivity index (χ2v) is 5.55. The summed E-state index contributed by atoms with van der Waals surface area (Å²) in [6.07, 6.45) is 2.21. The maximum Gasteiger partial charge on any atom is 0.262 e. The van der Waals surface area contributed by atoms with Gasteiger partial charge >= 0.3 is 0 Å². The van der Waals surface area contributed by atoms with Crippen LogP contribution in [0.2, 0.25) is 0 Å². The van der Waals surface area contributed by atoms with E-state index < -0.39 is 11.8 Å². The lowest BCUT2D eigenvalue weighted by Crippen LogP contribution is -2.44. The van der Waals surface area contributed by atoms with Crippen LogP contribution in [-0.4, -0.2) is 41.8 Å². The van der Waals surface area contributed by atoms with Crippen LogP contribution in [0, 0.1) is 5.92 Å². The molecule has 1 atom stereocenters. The molecule has 3 amide bonds. The number of nitrogens with one attached hydrogen (secondary N) is 1. The van der Waals surface area contributed by atoms with Gasteiger partial charge in [0.05, 0.1) is 11.1 Å². The summed E-state index contributed by atoms with van der Waals surface area (Å²) in [4.78, 5) is 37.0. The first-order valence-electron chi connectivity index (χ1n) is 7.05. The van der Waals surface area contributed by atoms with Crippen LogP contribution in [0.4, 0.5) is 0 Å². The summed E-state index contributed by atoms with van der Waals surface area (Å²) in [5.74, 6) is -0.709. The first kappa shape index (κ1) is 13.8. The average Bonchev–Trinajstić information content (AvgIpc) is 3.30. The van der Waals surface area contributed by atoms with E-state index in [0.717, 1.165) is 17.7 Å². The lowest BCUT2D eigenvalue weighted by atomic mass is 10.1. The zero-order chi connectivity index (χ0) is 15.0. The van der Waals surface area contributed by atoms with Gasteiger partial charge in [0.2, 0.25) is 5.91 Å². The van der Waals surface area contributed by atoms with Gasteiger partial charge in [0.25, 0.3) is 11.8 Å². The molecule has 1 aliphatic heterocycles. The van der Waals surface area contributed by atoms with Gasteiger partial charge in [0.15, 0.2) is 0 Å². The number of carbonyl (C=O) groups is 3. The highest BCUT2D eigenvalue weighted by atomic mass is 16.2. The SMILES string of the molecule is NC(CNC(=O)CN1C(=O)c2ccccc2C1=O)C1CC1. The predicted molar refractivity (Wildman–Crippen MR) is 75.5 cm³/mol. The van der Waals surface area contributed by atoms with Crippen LogP contribution in [0.1, 0.15) is 33.6 Å². The van der Waals surface area contributed by atoms with E-state index in [4.69, 9.17) is 5.73 Å². The highest BCUT2D eigenvalue weighted by molar-refractivity contribution is 6.22. The Morgan fingerprint density at radius 1 is 1.24 bits per heavy atom. The van der Waals surface area contributed by atoms with Gasteiger partial charge in [0.1, 0.15) is 6.54 Å². The number of hydrogen-bond donors (Lipinski definition) is 2. The van der Waals surface area contributed by atoms with Gasteiger partial charge in [0, 0.05) is 12.6 Å². The summed E-state index contributed by atoms with van der Waals surface area (Å²) in [5, 5.41) is 2.69. The minimum absolute atomic E-state index is 0.0453. The van der Waals surface area contributed by atoms with E-state index in [1.807, 2.05) is 0 Å². The van der Waals surface area contributed by atoms with Crippen LogP contribution in [-0.2, 0) is 4.79 Å². The van der Waals surface area contributed by atoms with E-state index >= 15 is 0 Å². The largest absolute Gasteiger partial charge is 0.353 e. The Bertz CT molecular complexity index is 575. The van der Waals surface area contributed by atoms with E-state index in [1.165, 1.54) is 0 Å². The molecule has 0 bridgehead atoms. The molecule has 0 spiro atoms. The Hall–Kier alpha value is -2.21. The molecule has 1 fully saturated rings. The third kappa shape index (κ3) is 2.67. The maximum atomic E-state index is 12.1. The first-order chi connectivity index (χ1) is 10.1. The quantitative estimate of drug-likeness (QED) is 0.753. The maximum absolute atomic E-state index is 12.1. The van der Waals surface area contributed by atoms with Gasteiger partial charge in [-0.25, -0.2) is 0 Å². The molecule has 0 aromatic heterocycles. The van der Waals surface area contributed by atoms with Crippen molar-refractivity contribution in [3.05, 3.63) is 35.4 Å². The number of amides is 3. The summed E-state index contributed by atoms with van der Waals surface area (Å²) < 4.78 is 0. The lowest BCUT2D eigenvalue weighted by Gasteiger charge is -2.15. The number of imide groups is 1. The number of carbonyl (C=O) groups excluding carboxylic acids is 3. The molecule has 6 nitrogen and oxygen atoms in total. The summed E-state index contributed by atoms with van der Waals surface area (Å²) >= 11 is 0. The smallest absolute Gasteiger partial charge is 0.262 e. The summed E-state index contributed by atoms with van der Waals surface area (Å²) in [6, 6.07) is 6.54. The molecule has 1 unspecified atom stereocenters. The standard InChI is InChI=1S/C15H17N3O3/c16-12(9-5-6-9)7-17-13(19)8-18-14(20)10-3-1-2-4-11(10)15(18)21/h1-4,9,12H,5-8,16H2,(H,17,19). The second-order valence-electron chi connectivity index (χ2n) is 5.55. The molecule has 2 aliphatic rings. The Morgan fingerprint density at radius 2 is 1.81 bits per heavy atom. The van der Waals surface area contributed by atoms with Crippen LogP contribution in [0.15, 0.2) is 24.3 Å². The molecular formula is C15H17N3O3. The molecule has 3 N–H and O–H groups in total. The first-order valence-corrected chi connectivity index (χ1v) is 7.05. The number of fused-ring (bicyclic) bond motifs is 1. The Labute approximate surface area is 122 Å². The molecule has 6 heteroatoms. The fourth-order valence-corrected chi connectivity index (χ4v) is 2.50. The van der Waals surface area contributed by atoms with Gasteiger partial charge in [-0.2, -0.15) is 0 Å². The molecule has 110 valence electrons. The lowest BCUT2D eigenvalue weighted by molar-refractivity contribution is -0.121. The normalized spacial score (nSPS) is 18.6. The number of nitrogens with zero attached hydrogens (tertiary/aromatic N) is 1. The van der Waals surface area contributed by atoms with Crippen molar-refractivity contribution >= 4 is 17.7 Å². The topological polar surface area (TPSA) is 92.5 Å². The number of rotatable bonds is 5. The van der Waals surface area contributed by atoms with Crippen molar-refractivity contribution in [3.63, 3.8) is 0 Å². The van der Waals surface area contributed by atoms with Crippen LogP contribution >= 0.6 is 0 Å². The zero-order valence-electron chi connectivity index (χ0n) is 11.5. The summed E-state index contributed by atoms with van der Waals surface area (Å²) in [5.41, 5.74) is 6.60. The van der Waals surface area contributed by atoms with Gasteiger partial charge < -0.3 is 11.1 Å². The van der Waals surface area contributed by atoms with E-state index in [1.54, 1.807) is 24.3 Å². The summed E-state index contributed by atoms with van der Waals surface area (Å²) in [6.45, 7) is 0.121. The van der Waals surface area contributed by atoms with E-state index in [-0.39, 0.29) is 18.5 Å². The highest BCUT2D eigenvalue weighted by Gasteiger charge is 2.36. The Balaban J connectivity index is 1.59. The van der Waals surface area contributed by atoms with Crippen LogP contribution in [0.25, 0.3) is 0 Å². The van der Waals surface area contributed by atoms with Crippen molar-refractivity contribution in [3.8, 4) is 0 Å². The fourth-order valence-electron chi connectivity index (χ4n) is 2.50. The van der Waals surface area contributed by atoms with E-state index in [9.17, 15) is 14.4 Å². The minimum atomic E-state index is -0.419. The van der Waals surface area contributed by atoms with E-state index in [0.29, 0.717) is 23.6 Å². The Morgan fingerprint density at radius 3 is 2.33 bits per heavy atom. The molecular weight excluding hydrogens is 270 g/mol. The van der Waals surface area contributed by atoms with Gasteiger partial charge in [-0.05, 0) is 30.9 Å². The van der Waals surface area contributed by atoms with Crippen molar-refractivity contribution in [1.82, 2.24) is 10.2 Å². The molecule has 0 saturated heterocycles. The number of nitrogens with two attached hydrogens (primary N) is 1. The monoisotopic (exact) mass is 287 g/mol. The highest BCUT2D eigenvalue weighted by Crippen LogP contribution is 2.31. The van der Waals surface area contributed by atoms with Gasteiger partial charge in [-0.3, -0.25) is 19.3 Å². The molecule has 21 heavy (non-hydrogen) atoms. The molecule has 1 saturated carbocycles. The molecule has 1 aliphatic carbocycles. The predicted octanol–water partition coefficient (Wildman–Crippen LogP) is 0.136. The second kappa shape index (κ2) is 5.29. The van der Waals surface area contributed by atoms with Gasteiger partial charge in [-0.15, -0.1) is 0 Å². The minimum Gasteiger partial charge on any atom is -0.353 e. The van der Waals surface area contributed by atoms with Crippen molar-refractivity contribution < 1.29 is 14.4 Å².